The predicted octanol–water partition coefficient (Wildman–Crippen LogP) is 4.81. The first-order chi connectivity index (χ1) is 10.0. The summed E-state index contributed by atoms with van der Waals surface area (Å²) in [6, 6.07) is 8.18. The van der Waals surface area contributed by atoms with Gasteiger partial charge in [-0.15, -0.1) is 0 Å². The van der Waals surface area contributed by atoms with Gasteiger partial charge >= 0.3 is 0 Å². The number of rotatable bonds is 4. The molecule has 0 aliphatic rings. The van der Waals surface area contributed by atoms with Crippen LogP contribution < -0.4 is 10.2 Å². The van der Waals surface area contributed by atoms with Crippen LogP contribution in [0, 0.1) is 0 Å². The summed E-state index contributed by atoms with van der Waals surface area (Å²) in [5, 5.41) is 15.0. The van der Waals surface area contributed by atoms with Gasteiger partial charge in [-0.05, 0) is 24.3 Å². The van der Waals surface area contributed by atoms with Crippen LogP contribution in [0.5, 0.6) is 11.5 Å². The number of hydrazone groups is 1. The summed E-state index contributed by atoms with van der Waals surface area (Å²) in [5.74, 6) is 0.361. The van der Waals surface area contributed by atoms with Crippen LogP contribution in [0.4, 0.5) is 5.69 Å². The number of nitrogens with zero attached hydrogens (tertiary/aromatic N) is 1. The van der Waals surface area contributed by atoms with Gasteiger partial charge in [0.05, 0.1) is 29.1 Å². The second-order valence-electron chi connectivity index (χ2n) is 4.01. The van der Waals surface area contributed by atoms with Gasteiger partial charge in [-0.1, -0.05) is 40.9 Å². The standard InChI is InChI=1S/C14H11Cl3N2O2/c1-21-12-4-2-3-8(14(12)20)7-18-19-13-10(16)5-9(15)6-11(13)17/h2-7,19-20H,1H3/b18-7-. The minimum atomic E-state index is -0.00106. The average Bonchev–Trinajstić information content (AvgIpc) is 2.43. The van der Waals surface area contributed by atoms with Gasteiger partial charge in [0.1, 0.15) is 0 Å². The molecule has 0 saturated heterocycles. The molecule has 0 fully saturated rings. The van der Waals surface area contributed by atoms with Gasteiger partial charge in [-0.25, -0.2) is 0 Å². The zero-order valence-corrected chi connectivity index (χ0v) is 13.2. The molecule has 0 unspecified atom stereocenters. The molecule has 21 heavy (non-hydrogen) atoms. The van der Waals surface area contributed by atoms with Crippen molar-refractivity contribution in [2.75, 3.05) is 12.5 Å². The second kappa shape index (κ2) is 6.89. The monoisotopic (exact) mass is 344 g/mol. The first-order valence-corrected chi connectivity index (χ1v) is 6.96. The van der Waals surface area contributed by atoms with Crippen LogP contribution in [0.15, 0.2) is 35.4 Å². The Bertz CT molecular complexity index is 667. The van der Waals surface area contributed by atoms with Gasteiger partial charge in [-0.2, -0.15) is 5.10 Å². The Morgan fingerprint density at radius 3 is 2.48 bits per heavy atom. The minimum Gasteiger partial charge on any atom is -0.504 e. The number of aromatic hydroxyl groups is 1. The van der Waals surface area contributed by atoms with E-state index in [0.29, 0.717) is 32.1 Å². The molecule has 2 aromatic carbocycles. The average molecular weight is 346 g/mol. The molecule has 0 saturated carbocycles. The summed E-state index contributed by atoms with van der Waals surface area (Å²) in [6.07, 6.45) is 1.43. The van der Waals surface area contributed by atoms with Gasteiger partial charge in [0.15, 0.2) is 11.5 Å². The summed E-state index contributed by atoms with van der Waals surface area (Å²) in [7, 11) is 1.47. The van der Waals surface area contributed by atoms with Crippen molar-refractivity contribution in [2.45, 2.75) is 0 Å². The quantitative estimate of drug-likeness (QED) is 0.618. The number of phenolic OH excluding ortho intramolecular Hbond substituents is 1. The van der Waals surface area contributed by atoms with Crippen molar-refractivity contribution >= 4 is 46.7 Å². The lowest BCUT2D eigenvalue weighted by atomic mass is 10.2. The minimum absolute atomic E-state index is 0.00106. The molecule has 0 aromatic heterocycles. The van der Waals surface area contributed by atoms with Crippen LogP contribution >= 0.6 is 34.8 Å². The fraction of sp³-hybridized carbons (Fsp3) is 0.0714. The Labute approximate surface area is 136 Å². The Morgan fingerprint density at radius 2 is 1.86 bits per heavy atom. The fourth-order valence-corrected chi connectivity index (χ4v) is 2.53. The topological polar surface area (TPSA) is 53.8 Å². The predicted molar refractivity (Wildman–Crippen MR) is 87.3 cm³/mol. The highest BCUT2D eigenvalue weighted by molar-refractivity contribution is 6.41. The molecule has 0 radical (unpaired) electrons. The molecule has 0 heterocycles. The normalized spacial score (nSPS) is 10.9. The molecule has 2 rings (SSSR count). The summed E-state index contributed by atoms with van der Waals surface area (Å²) >= 11 is 17.9. The van der Waals surface area contributed by atoms with E-state index >= 15 is 0 Å². The van der Waals surface area contributed by atoms with Crippen molar-refractivity contribution in [3.63, 3.8) is 0 Å². The van der Waals surface area contributed by atoms with E-state index in [1.165, 1.54) is 13.3 Å². The zero-order valence-electron chi connectivity index (χ0n) is 10.9. The molecule has 0 aliphatic carbocycles. The van der Waals surface area contributed by atoms with Gasteiger partial charge in [0.2, 0.25) is 0 Å². The second-order valence-corrected chi connectivity index (χ2v) is 5.26. The maximum Gasteiger partial charge on any atom is 0.166 e. The van der Waals surface area contributed by atoms with Gasteiger partial charge in [0.25, 0.3) is 0 Å². The van der Waals surface area contributed by atoms with Crippen molar-refractivity contribution in [2.24, 2.45) is 5.10 Å². The molecule has 0 amide bonds. The summed E-state index contributed by atoms with van der Waals surface area (Å²) in [5.41, 5.74) is 3.64. The number of para-hydroxylation sites is 1. The lowest BCUT2D eigenvalue weighted by Gasteiger charge is -2.07. The van der Waals surface area contributed by atoms with E-state index in [9.17, 15) is 5.11 Å². The number of halogens is 3. The van der Waals surface area contributed by atoms with Crippen LogP contribution in [0.1, 0.15) is 5.56 Å². The van der Waals surface area contributed by atoms with Crippen LogP contribution in [-0.2, 0) is 0 Å². The highest BCUT2D eigenvalue weighted by Gasteiger charge is 2.07. The zero-order chi connectivity index (χ0) is 15.4. The third kappa shape index (κ3) is 3.73. The van der Waals surface area contributed by atoms with Crippen LogP contribution in [-0.4, -0.2) is 18.4 Å². The molecule has 0 spiro atoms. The molecule has 2 aromatic rings. The molecule has 0 atom stereocenters. The lowest BCUT2D eigenvalue weighted by Crippen LogP contribution is -1.94. The maximum absolute atomic E-state index is 9.92. The Balaban J connectivity index is 2.21. The number of methoxy groups -OCH3 is 1. The van der Waals surface area contributed by atoms with Gasteiger partial charge in [-0.3, -0.25) is 5.43 Å². The number of hydrogen-bond acceptors (Lipinski definition) is 4. The van der Waals surface area contributed by atoms with E-state index in [0.717, 1.165) is 0 Å². The molecule has 4 nitrogen and oxygen atoms in total. The van der Waals surface area contributed by atoms with Crippen LogP contribution in [0.25, 0.3) is 0 Å². The first-order valence-electron chi connectivity index (χ1n) is 5.82. The van der Waals surface area contributed by atoms with Crippen molar-refractivity contribution in [1.82, 2.24) is 0 Å². The maximum atomic E-state index is 9.92. The molecular formula is C14H11Cl3N2O2. The van der Waals surface area contributed by atoms with Gasteiger partial charge in [0, 0.05) is 10.6 Å². The van der Waals surface area contributed by atoms with E-state index in [4.69, 9.17) is 39.5 Å². The number of benzene rings is 2. The first kappa shape index (κ1) is 15.8. The summed E-state index contributed by atoms with van der Waals surface area (Å²) in [4.78, 5) is 0. The summed E-state index contributed by atoms with van der Waals surface area (Å²) < 4.78 is 5.01. The number of anilines is 1. The highest BCUT2D eigenvalue weighted by atomic mass is 35.5. The molecule has 0 bridgehead atoms. The number of phenols is 1. The number of hydrogen-bond donors (Lipinski definition) is 2. The number of ether oxygens (including phenoxy) is 1. The SMILES string of the molecule is COc1cccc(/C=N\Nc2c(Cl)cc(Cl)cc2Cl)c1O. The molecule has 0 aliphatic heterocycles. The van der Waals surface area contributed by atoms with Crippen molar-refractivity contribution < 1.29 is 9.84 Å². The van der Waals surface area contributed by atoms with Gasteiger partial charge < -0.3 is 9.84 Å². The fourth-order valence-electron chi connectivity index (χ4n) is 1.62. The van der Waals surface area contributed by atoms with Crippen LogP contribution in [0.2, 0.25) is 15.1 Å². The molecular weight excluding hydrogens is 335 g/mol. The van der Waals surface area contributed by atoms with E-state index < -0.39 is 0 Å². The Hall–Kier alpha value is -1.62. The van der Waals surface area contributed by atoms with E-state index in [1.54, 1.807) is 30.3 Å². The number of nitrogens with one attached hydrogen (secondary N) is 1. The molecule has 7 heteroatoms. The lowest BCUT2D eigenvalue weighted by molar-refractivity contribution is 0.373. The van der Waals surface area contributed by atoms with Crippen LogP contribution in [0.3, 0.4) is 0 Å². The van der Waals surface area contributed by atoms with E-state index in [1.807, 2.05) is 0 Å². The molecule has 2 N–H and O–H groups in total. The largest absolute Gasteiger partial charge is 0.504 e. The van der Waals surface area contributed by atoms with E-state index in [2.05, 4.69) is 10.5 Å². The van der Waals surface area contributed by atoms with Crippen molar-refractivity contribution in [3.8, 4) is 11.5 Å². The third-order valence-corrected chi connectivity index (χ3v) is 3.45. The van der Waals surface area contributed by atoms with E-state index in [-0.39, 0.29) is 5.75 Å². The van der Waals surface area contributed by atoms with Crippen molar-refractivity contribution in [1.29, 1.82) is 0 Å². The Morgan fingerprint density at radius 1 is 1.19 bits per heavy atom. The highest BCUT2D eigenvalue weighted by Crippen LogP contribution is 2.33. The molecule has 110 valence electrons. The Kier molecular flexibility index (Phi) is 5.17. The smallest absolute Gasteiger partial charge is 0.166 e. The third-order valence-electron chi connectivity index (χ3n) is 2.64. The van der Waals surface area contributed by atoms with Crippen molar-refractivity contribution in [3.05, 3.63) is 51.0 Å². The summed E-state index contributed by atoms with van der Waals surface area (Å²) in [6.45, 7) is 0.